The van der Waals surface area contributed by atoms with Gasteiger partial charge >= 0.3 is 12.1 Å². The Morgan fingerprint density at radius 2 is 1.65 bits per heavy atom. The Hall–Kier alpha value is -3.00. The van der Waals surface area contributed by atoms with Gasteiger partial charge in [0.15, 0.2) is 0 Å². The molecular formula is C26H32N2O5S. The lowest BCUT2D eigenvalue weighted by Crippen LogP contribution is -2.43. The van der Waals surface area contributed by atoms with Crippen LogP contribution in [0.1, 0.15) is 43.2 Å². The molecule has 2 aromatic rings. The average Bonchev–Trinajstić information content (AvgIpc) is 3.16. The van der Waals surface area contributed by atoms with E-state index in [2.05, 4.69) is 34.9 Å². The molecule has 0 heterocycles. The Bertz CT molecular complexity index is 967. The van der Waals surface area contributed by atoms with Crippen molar-refractivity contribution in [1.82, 2.24) is 10.6 Å². The molecule has 0 saturated carbocycles. The van der Waals surface area contributed by atoms with Gasteiger partial charge in [-0.2, -0.15) is 11.8 Å². The lowest BCUT2D eigenvalue weighted by atomic mass is 9.98. The minimum absolute atomic E-state index is 0.00940. The highest BCUT2D eigenvalue weighted by Crippen LogP contribution is 2.44. The van der Waals surface area contributed by atoms with Crippen molar-refractivity contribution in [2.75, 3.05) is 25.2 Å². The number of aliphatic carboxylic acids is 1. The highest BCUT2D eigenvalue weighted by molar-refractivity contribution is 7.98. The second-order valence-electron chi connectivity index (χ2n) is 8.48. The SMILES string of the molecule is CSCCC(NC(=O)C(C)CCCNC(=O)OCC1c2ccccc2-c2ccccc21)C(=O)O. The zero-order valence-electron chi connectivity index (χ0n) is 19.6. The number of rotatable bonds is 12. The Morgan fingerprint density at radius 3 is 2.24 bits per heavy atom. The molecule has 2 aromatic carbocycles. The van der Waals surface area contributed by atoms with Crippen molar-refractivity contribution in [2.24, 2.45) is 5.92 Å². The maximum Gasteiger partial charge on any atom is 0.407 e. The van der Waals surface area contributed by atoms with Gasteiger partial charge in [0.2, 0.25) is 5.91 Å². The van der Waals surface area contributed by atoms with Crippen LogP contribution in [0.15, 0.2) is 48.5 Å². The van der Waals surface area contributed by atoms with E-state index in [1.807, 2.05) is 30.5 Å². The van der Waals surface area contributed by atoms with Gasteiger partial charge in [0, 0.05) is 18.4 Å². The number of carboxylic acid groups (broad SMARTS) is 1. The topological polar surface area (TPSA) is 105 Å². The van der Waals surface area contributed by atoms with Crippen molar-refractivity contribution in [3.63, 3.8) is 0 Å². The molecule has 8 heteroatoms. The van der Waals surface area contributed by atoms with Gasteiger partial charge in [0.05, 0.1) is 0 Å². The van der Waals surface area contributed by atoms with Crippen molar-refractivity contribution >= 4 is 29.7 Å². The average molecular weight is 485 g/mol. The minimum atomic E-state index is -1.02. The first-order valence-electron chi connectivity index (χ1n) is 11.5. The van der Waals surface area contributed by atoms with Gasteiger partial charge in [-0.3, -0.25) is 4.79 Å². The van der Waals surface area contributed by atoms with E-state index < -0.39 is 18.1 Å². The maximum atomic E-state index is 12.3. The van der Waals surface area contributed by atoms with Crippen LogP contribution in [0.5, 0.6) is 0 Å². The van der Waals surface area contributed by atoms with E-state index in [4.69, 9.17) is 4.74 Å². The van der Waals surface area contributed by atoms with Crippen LogP contribution in [0.4, 0.5) is 4.79 Å². The zero-order valence-corrected chi connectivity index (χ0v) is 20.4. The fourth-order valence-corrected chi connectivity index (χ4v) is 4.66. The lowest BCUT2D eigenvalue weighted by Gasteiger charge is -2.18. The summed E-state index contributed by atoms with van der Waals surface area (Å²) in [5.74, 6) is -0.979. The van der Waals surface area contributed by atoms with Crippen LogP contribution < -0.4 is 10.6 Å². The van der Waals surface area contributed by atoms with E-state index in [-0.39, 0.29) is 24.3 Å². The van der Waals surface area contributed by atoms with Gasteiger partial charge < -0.3 is 20.5 Å². The number of hydrogen-bond donors (Lipinski definition) is 3. The predicted molar refractivity (Wildman–Crippen MR) is 134 cm³/mol. The fourth-order valence-electron chi connectivity index (χ4n) is 4.19. The van der Waals surface area contributed by atoms with Gasteiger partial charge in [-0.1, -0.05) is 55.5 Å². The largest absolute Gasteiger partial charge is 0.480 e. The molecule has 3 rings (SSSR count). The number of hydrogen-bond acceptors (Lipinski definition) is 5. The summed E-state index contributed by atoms with van der Waals surface area (Å²) in [4.78, 5) is 35.9. The van der Waals surface area contributed by atoms with Crippen LogP contribution >= 0.6 is 11.8 Å². The van der Waals surface area contributed by atoms with Gasteiger partial charge in [0.1, 0.15) is 12.6 Å². The number of carbonyl (C=O) groups excluding carboxylic acids is 2. The molecule has 182 valence electrons. The summed E-state index contributed by atoms with van der Waals surface area (Å²) >= 11 is 1.54. The number of amides is 2. The number of nitrogens with one attached hydrogen (secondary N) is 2. The summed E-state index contributed by atoms with van der Waals surface area (Å²) in [5, 5.41) is 14.6. The molecule has 0 spiro atoms. The summed E-state index contributed by atoms with van der Waals surface area (Å²) in [6.45, 7) is 2.39. The highest BCUT2D eigenvalue weighted by Gasteiger charge is 2.29. The quantitative estimate of drug-likeness (QED) is 0.389. The van der Waals surface area contributed by atoms with Crippen LogP contribution in [0.25, 0.3) is 11.1 Å². The molecule has 2 unspecified atom stereocenters. The van der Waals surface area contributed by atoms with Gasteiger partial charge in [-0.15, -0.1) is 0 Å². The van der Waals surface area contributed by atoms with Crippen LogP contribution in [0.2, 0.25) is 0 Å². The second-order valence-corrected chi connectivity index (χ2v) is 9.46. The molecule has 2 atom stereocenters. The highest BCUT2D eigenvalue weighted by atomic mass is 32.2. The molecular weight excluding hydrogens is 452 g/mol. The van der Waals surface area contributed by atoms with Gasteiger partial charge in [-0.05, 0) is 53.5 Å². The van der Waals surface area contributed by atoms with E-state index in [1.165, 1.54) is 11.1 Å². The molecule has 1 aliphatic rings. The van der Waals surface area contributed by atoms with Crippen molar-refractivity contribution in [2.45, 2.75) is 38.1 Å². The Labute approximate surface area is 204 Å². The minimum Gasteiger partial charge on any atom is -0.480 e. The summed E-state index contributed by atoms with van der Waals surface area (Å²) in [6, 6.07) is 15.5. The van der Waals surface area contributed by atoms with Gasteiger partial charge in [0.25, 0.3) is 0 Å². The summed E-state index contributed by atoms with van der Waals surface area (Å²) < 4.78 is 5.51. The Morgan fingerprint density at radius 1 is 1.03 bits per heavy atom. The third-order valence-corrected chi connectivity index (χ3v) is 6.74. The van der Waals surface area contributed by atoms with E-state index in [0.29, 0.717) is 31.6 Å². The number of ether oxygens (including phenoxy) is 1. The van der Waals surface area contributed by atoms with Gasteiger partial charge in [-0.25, -0.2) is 9.59 Å². The molecule has 0 fully saturated rings. The molecule has 1 aliphatic carbocycles. The lowest BCUT2D eigenvalue weighted by molar-refractivity contribution is -0.142. The van der Waals surface area contributed by atoms with Crippen molar-refractivity contribution in [3.8, 4) is 11.1 Å². The van der Waals surface area contributed by atoms with E-state index in [1.54, 1.807) is 18.7 Å². The fraction of sp³-hybridized carbons (Fsp3) is 0.423. The first-order chi connectivity index (χ1) is 16.4. The first-order valence-corrected chi connectivity index (χ1v) is 12.9. The summed E-state index contributed by atoms with van der Waals surface area (Å²) in [7, 11) is 0. The standard InChI is InChI=1S/C26H32N2O5S/c1-17(24(29)28-23(25(30)31)13-15-34-2)8-7-14-27-26(32)33-16-22-20-11-5-3-9-18(20)19-10-4-6-12-21(19)22/h3-6,9-12,17,22-23H,7-8,13-16H2,1-2H3,(H,27,32)(H,28,29)(H,30,31). The molecule has 0 aliphatic heterocycles. The number of carboxylic acids is 1. The van der Waals surface area contributed by atoms with E-state index >= 15 is 0 Å². The monoisotopic (exact) mass is 484 g/mol. The second kappa shape index (κ2) is 12.5. The molecule has 2 amide bonds. The van der Waals surface area contributed by atoms with E-state index in [9.17, 15) is 19.5 Å². The van der Waals surface area contributed by atoms with Crippen molar-refractivity contribution in [1.29, 1.82) is 0 Å². The number of thioether (sulfide) groups is 1. The molecule has 0 radical (unpaired) electrons. The molecule has 0 aromatic heterocycles. The number of carbonyl (C=O) groups is 3. The summed E-state index contributed by atoms with van der Waals surface area (Å²) in [6.07, 6.45) is 2.92. The van der Waals surface area contributed by atoms with Crippen molar-refractivity contribution in [3.05, 3.63) is 59.7 Å². The van der Waals surface area contributed by atoms with E-state index in [0.717, 1.165) is 11.1 Å². The predicted octanol–water partition coefficient (Wildman–Crippen LogP) is 4.26. The first kappa shape index (κ1) is 25.6. The number of fused-ring (bicyclic) bond motifs is 3. The van der Waals surface area contributed by atoms with Crippen LogP contribution in [-0.4, -0.2) is 54.3 Å². The van der Waals surface area contributed by atoms with Crippen LogP contribution in [0.3, 0.4) is 0 Å². The molecule has 0 saturated heterocycles. The van der Waals surface area contributed by atoms with Crippen molar-refractivity contribution < 1.29 is 24.2 Å². The number of benzene rings is 2. The Kier molecular flexibility index (Phi) is 9.39. The van der Waals surface area contributed by atoms with Crippen LogP contribution in [-0.2, 0) is 14.3 Å². The molecule has 34 heavy (non-hydrogen) atoms. The smallest absolute Gasteiger partial charge is 0.407 e. The maximum absolute atomic E-state index is 12.3. The Balaban J connectivity index is 1.40. The number of alkyl carbamates (subject to hydrolysis) is 1. The van der Waals surface area contributed by atoms with Crippen LogP contribution in [0, 0.1) is 5.92 Å². The third kappa shape index (κ3) is 6.53. The third-order valence-electron chi connectivity index (χ3n) is 6.10. The zero-order chi connectivity index (χ0) is 24.5. The molecule has 3 N–H and O–H groups in total. The molecule has 7 nitrogen and oxygen atoms in total. The normalized spacial score (nSPS) is 13.9. The molecule has 0 bridgehead atoms. The summed E-state index contributed by atoms with van der Waals surface area (Å²) in [5.41, 5.74) is 4.68.